The van der Waals surface area contributed by atoms with Crippen LogP contribution >= 0.6 is 0 Å². The molecular formula is C7H10N2O3. The molecule has 2 unspecified atom stereocenters. The summed E-state index contributed by atoms with van der Waals surface area (Å²) < 4.78 is 0. The second-order valence-electron chi connectivity index (χ2n) is 3.24. The Balaban J connectivity index is 2.04. The van der Waals surface area contributed by atoms with Crippen LogP contribution in [-0.4, -0.2) is 41.1 Å². The molecule has 2 atom stereocenters. The maximum absolute atomic E-state index is 11.3. The summed E-state index contributed by atoms with van der Waals surface area (Å²) in [6.45, 7) is 1.34. The van der Waals surface area contributed by atoms with Crippen LogP contribution in [0.25, 0.3) is 0 Å². The molecule has 2 amide bonds. The van der Waals surface area contributed by atoms with Crippen molar-refractivity contribution < 1.29 is 14.7 Å². The van der Waals surface area contributed by atoms with Crippen LogP contribution in [0, 0.1) is 5.92 Å². The summed E-state index contributed by atoms with van der Waals surface area (Å²) in [5, 5.41) is 10.8. The van der Waals surface area contributed by atoms with Gasteiger partial charge in [0.1, 0.15) is 0 Å². The van der Waals surface area contributed by atoms with E-state index in [1.807, 2.05) is 0 Å². The minimum Gasteiger partial charge on any atom is -0.465 e. The Morgan fingerprint density at radius 1 is 1.67 bits per heavy atom. The Hall–Kier alpha value is -1.26. The van der Waals surface area contributed by atoms with Crippen molar-refractivity contribution in [3.05, 3.63) is 0 Å². The van der Waals surface area contributed by atoms with Crippen molar-refractivity contribution in [1.82, 2.24) is 10.2 Å². The quantitative estimate of drug-likeness (QED) is 0.556. The van der Waals surface area contributed by atoms with Gasteiger partial charge in [0, 0.05) is 13.1 Å². The van der Waals surface area contributed by atoms with Gasteiger partial charge in [0.2, 0.25) is 5.91 Å². The third-order valence-electron chi connectivity index (χ3n) is 2.55. The number of hydrogen-bond donors (Lipinski definition) is 2. The first-order chi connectivity index (χ1) is 5.68. The van der Waals surface area contributed by atoms with E-state index < -0.39 is 6.09 Å². The third-order valence-corrected chi connectivity index (χ3v) is 2.55. The van der Waals surface area contributed by atoms with Gasteiger partial charge in [-0.25, -0.2) is 4.79 Å². The van der Waals surface area contributed by atoms with E-state index >= 15 is 0 Å². The van der Waals surface area contributed by atoms with Crippen molar-refractivity contribution >= 4 is 12.0 Å². The summed E-state index contributed by atoms with van der Waals surface area (Å²) in [4.78, 5) is 23.3. The maximum atomic E-state index is 11.3. The fourth-order valence-electron chi connectivity index (χ4n) is 1.99. The lowest BCUT2D eigenvalue weighted by Crippen LogP contribution is -2.42. The Kier molecular flexibility index (Phi) is 1.46. The second kappa shape index (κ2) is 2.36. The van der Waals surface area contributed by atoms with Crippen molar-refractivity contribution in [3.8, 4) is 0 Å². The summed E-state index contributed by atoms with van der Waals surface area (Å²) >= 11 is 0. The summed E-state index contributed by atoms with van der Waals surface area (Å²) in [7, 11) is 0. The van der Waals surface area contributed by atoms with E-state index in [1.54, 1.807) is 4.90 Å². The number of nitrogens with one attached hydrogen (secondary N) is 1. The molecular weight excluding hydrogens is 160 g/mol. The first kappa shape index (κ1) is 7.39. The van der Waals surface area contributed by atoms with Gasteiger partial charge in [-0.3, -0.25) is 4.79 Å². The molecule has 0 aromatic carbocycles. The van der Waals surface area contributed by atoms with Crippen molar-refractivity contribution in [1.29, 1.82) is 0 Å². The van der Waals surface area contributed by atoms with Gasteiger partial charge in [0.25, 0.3) is 0 Å². The summed E-state index contributed by atoms with van der Waals surface area (Å²) in [6.07, 6.45) is -0.245. The average Bonchev–Trinajstić information content (AvgIpc) is 2.44. The topological polar surface area (TPSA) is 69.6 Å². The summed E-state index contributed by atoms with van der Waals surface area (Å²) in [5.74, 6) is 0.00912. The fourth-order valence-corrected chi connectivity index (χ4v) is 1.99. The number of hydrogen-bond acceptors (Lipinski definition) is 2. The Morgan fingerprint density at radius 2 is 2.42 bits per heavy atom. The number of fused-ring (bicyclic) bond motifs is 2. The highest BCUT2D eigenvalue weighted by Crippen LogP contribution is 2.29. The lowest BCUT2D eigenvalue weighted by Gasteiger charge is -2.20. The number of amides is 2. The van der Waals surface area contributed by atoms with Gasteiger partial charge in [0.05, 0.1) is 12.0 Å². The van der Waals surface area contributed by atoms with Crippen LogP contribution in [0.2, 0.25) is 0 Å². The predicted octanol–water partition coefficient (Wildman–Crippen LogP) is -0.515. The molecule has 2 aliphatic rings. The Morgan fingerprint density at radius 3 is 2.83 bits per heavy atom. The average molecular weight is 170 g/mol. The number of nitrogens with zero attached hydrogens (tertiary/aromatic N) is 1. The van der Waals surface area contributed by atoms with E-state index in [2.05, 4.69) is 5.32 Å². The number of carbonyl (C=O) groups is 2. The second-order valence-corrected chi connectivity index (χ2v) is 3.24. The minimum atomic E-state index is -1.04. The molecule has 12 heavy (non-hydrogen) atoms. The standard InChI is InChI=1S/C7H10N2O3/c10-6-4-1-2-9(6)3-5(4)8-7(11)12/h4-5,8H,1-3H2,(H,11,12). The lowest BCUT2D eigenvalue weighted by molar-refractivity contribution is -0.127. The van der Waals surface area contributed by atoms with E-state index in [1.165, 1.54) is 0 Å². The largest absolute Gasteiger partial charge is 0.465 e. The normalized spacial score (nSPS) is 32.7. The number of rotatable bonds is 1. The molecule has 5 nitrogen and oxygen atoms in total. The van der Waals surface area contributed by atoms with E-state index in [-0.39, 0.29) is 17.9 Å². The van der Waals surface area contributed by atoms with Crippen LogP contribution in [-0.2, 0) is 4.79 Å². The van der Waals surface area contributed by atoms with Gasteiger partial charge in [-0.05, 0) is 6.42 Å². The highest BCUT2D eigenvalue weighted by atomic mass is 16.4. The zero-order valence-corrected chi connectivity index (χ0v) is 6.49. The molecule has 2 heterocycles. The van der Waals surface area contributed by atoms with Crippen LogP contribution in [0.15, 0.2) is 0 Å². The van der Waals surface area contributed by atoms with Gasteiger partial charge < -0.3 is 15.3 Å². The Bertz CT molecular complexity index is 241. The zero-order valence-electron chi connectivity index (χ0n) is 6.49. The molecule has 0 spiro atoms. The molecule has 2 fully saturated rings. The van der Waals surface area contributed by atoms with Gasteiger partial charge in [-0.15, -0.1) is 0 Å². The number of carboxylic acid groups (broad SMARTS) is 1. The van der Waals surface area contributed by atoms with Crippen LogP contribution in [0.5, 0.6) is 0 Å². The van der Waals surface area contributed by atoms with Crippen molar-refractivity contribution in [2.45, 2.75) is 12.5 Å². The molecule has 66 valence electrons. The van der Waals surface area contributed by atoms with Crippen LogP contribution in [0.4, 0.5) is 4.79 Å². The molecule has 2 rings (SSSR count). The molecule has 2 N–H and O–H groups in total. The first-order valence-electron chi connectivity index (χ1n) is 3.97. The van der Waals surface area contributed by atoms with Gasteiger partial charge in [-0.2, -0.15) is 0 Å². The predicted molar refractivity (Wildman–Crippen MR) is 39.6 cm³/mol. The molecule has 2 aliphatic heterocycles. The van der Waals surface area contributed by atoms with E-state index in [9.17, 15) is 9.59 Å². The number of carbonyl (C=O) groups excluding carboxylic acids is 1. The lowest BCUT2D eigenvalue weighted by atomic mass is 10.00. The molecule has 0 radical (unpaired) electrons. The monoisotopic (exact) mass is 170 g/mol. The zero-order chi connectivity index (χ0) is 8.72. The molecule has 0 aromatic heterocycles. The molecule has 0 aliphatic carbocycles. The van der Waals surface area contributed by atoms with Crippen LogP contribution in [0.3, 0.4) is 0 Å². The SMILES string of the molecule is O=C(O)NC1CN2CCC1C2=O. The smallest absolute Gasteiger partial charge is 0.404 e. The number of piperidine rings is 1. The van der Waals surface area contributed by atoms with Crippen molar-refractivity contribution in [2.75, 3.05) is 13.1 Å². The van der Waals surface area contributed by atoms with Crippen molar-refractivity contribution in [3.63, 3.8) is 0 Å². The highest BCUT2D eigenvalue weighted by Gasteiger charge is 2.45. The minimum absolute atomic E-state index is 0.0962. The van der Waals surface area contributed by atoms with Crippen LogP contribution in [0.1, 0.15) is 6.42 Å². The van der Waals surface area contributed by atoms with Gasteiger partial charge >= 0.3 is 6.09 Å². The highest BCUT2D eigenvalue weighted by molar-refractivity contribution is 5.85. The molecule has 0 saturated carbocycles. The van der Waals surface area contributed by atoms with Crippen LogP contribution < -0.4 is 5.32 Å². The Labute approximate surface area is 69.3 Å². The summed E-state index contributed by atoms with van der Waals surface area (Å²) in [6, 6.07) is -0.177. The molecule has 2 bridgehead atoms. The van der Waals surface area contributed by atoms with Gasteiger partial charge in [0.15, 0.2) is 0 Å². The first-order valence-corrected chi connectivity index (χ1v) is 3.97. The van der Waals surface area contributed by atoms with Gasteiger partial charge in [-0.1, -0.05) is 0 Å². The molecule has 5 heteroatoms. The van der Waals surface area contributed by atoms with E-state index in [0.29, 0.717) is 6.54 Å². The fraction of sp³-hybridized carbons (Fsp3) is 0.714. The maximum Gasteiger partial charge on any atom is 0.404 e. The third kappa shape index (κ3) is 0.929. The summed E-state index contributed by atoms with van der Waals surface area (Å²) in [5.41, 5.74) is 0. The molecule has 0 aromatic rings. The molecule has 2 saturated heterocycles. The van der Waals surface area contributed by atoms with E-state index in [4.69, 9.17) is 5.11 Å². The van der Waals surface area contributed by atoms with Crippen molar-refractivity contribution in [2.24, 2.45) is 5.92 Å². The van der Waals surface area contributed by atoms with E-state index in [0.717, 1.165) is 13.0 Å².